The third-order valence-electron chi connectivity index (χ3n) is 7.80. The van der Waals surface area contributed by atoms with Gasteiger partial charge in [-0.15, -0.1) is 11.3 Å². The van der Waals surface area contributed by atoms with Gasteiger partial charge in [-0.25, -0.2) is 14.3 Å². The number of aliphatic hydroxyl groups excluding tert-OH is 2. The van der Waals surface area contributed by atoms with Crippen molar-refractivity contribution in [1.82, 2.24) is 20.0 Å². The van der Waals surface area contributed by atoms with E-state index in [-0.39, 0.29) is 5.56 Å². The molecule has 2 aromatic heterocycles. The van der Waals surface area contributed by atoms with Crippen molar-refractivity contribution in [3.8, 4) is 11.4 Å². The molecule has 2 aliphatic heterocycles. The van der Waals surface area contributed by atoms with Crippen molar-refractivity contribution in [2.75, 3.05) is 33.9 Å². The number of aromatic nitrogens is 2. The van der Waals surface area contributed by atoms with Gasteiger partial charge < -0.3 is 35.2 Å². The summed E-state index contributed by atoms with van der Waals surface area (Å²) >= 11 is 7.36. The Morgan fingerprint density at radius 2 is 1.82 bits per heavy atom. The third kappa shape index (κ3) is 7.46. The Balaban J connectivity index is 0.000000399. The molecule has 0 bridgehead atoms. The van der Waals surface area contributed by atoms with E-state index in [1.807, 2.05) is 30.8 Å². The average Bonchev–Trinajstić information content (AvgIpc) is 3.59. The number of benzene rings is 1. The number of para-hydroxylation sites is 1. The zero-order chi connectivity index (χ0) is 33.1. The zero-order valence-electron chi connectivity index (χ0n) is 24.8. The molecule has 1 saturated heterocycles. The second kappa shape index (κ2) is 14.1. The number of rotatable bonds is 9. The van der Waals surface area contributed by atoms with Gasteiger partial charge in [0.2, 0.25) is 0 Å². The van der Waals surface area contributed by atoms with Crippen LogP contribution in [0, 0.1) is 6.92 Å². The van der Waals surface area contributed by atoms with E-state index < -0.39 is 42.3 Å². The normalized spacial score (nSPS) is 18.4. The van der Waals surface area contributed by atoms with Crippen molar-refractivity contribution < 1.29 is 48.3 Å². The molecule has 45 heavy (non-hydrogen) atoms. The van der Waals surface area contributed by atoms with Gasteiger partial charge in [-0.05, 0) is 44.5 Å². The number of aliphatic hydroxyl groups is 2. The van der Waals surface area contributed by atoms with Crippen LogP contribution >= 0.6 is 22.9 Å². The largest absolute Gasteiger partial charge is 0.494 e. The van der Waals surface area contributed by atoms with Crippen LogP contribution in [0.3, 0.4) is 0 Å². The predicted molar refractivity (Wildman–Crippen MR) is 160 cm³/mol. The monoisotopic (exact) mass is 672 g/mol. The molecule has 16 heteroatoms. The summed E-state index contributed by atoms with van der Waals surface area (Å²) in [5, 5.41) is 40.5. The van der Waals surface area contributed by atoms with E-state index in [0.29, 0.717) is 28.6 Å². The molecule has 4 heterocycles. The summed E-state index contributed by atoms with van der Waals surface area (Å²) in [6, 6.07) is 7.39. The molecule has 0 amide bonds. The van der Waals surface area contributed by atoms with Crippen LogP contribution in [0.1, 0.15) is 40.1 Å². The standard InChI is InChI=1S/C25H29ClF2N4O2S.C4H6O6/c1-16-18(14-32(30-16)22-17(12-29-2)5-4-6-20(22)33-3)13-31-9-7-24(8-10-31)23-19(11-21(26)35-23)25(27,28)15-34-24;5-1(3(7)8)2(6)4(9)10/h4-6,11,14,29H,7-10,12-13,15H2,1-3H3;1-2,5-6H,(H,7,8)(H,9,10)/t;1-,2-/m.1/s1. The van der Waals surface area contributed by atoms with E-state index in [1.165, 1.54) is 17.4 Å². The number of ether oxygens (including phenoxy) is 2. The number of carboxylic acid groups (broad SMARTS) is 2. The minimum atomic E-state index is -2.99. The number of likely N-dealkylation sites (tertiary alicyclic amines) is 1. The van der Waals surface area contributed by atoms with E-state index in [9.17, 15) is 18.4 Å². The second-order valence-electron chi connectivity index (χ2n) is 10.8. The fourth-order valence-electron chi connectivity index (χ4n) is 5.39. The van der Waals surface area contributed by atoms with Crippen molar-refractivity contribution in [3.05, 3.63) is 62.1 Å². The first-order valence-corrected chi connectivity index (χ1v) is 15.1. The Labute approximate surface area is 266 Å². The minimum Gasteiger partial charge on any atom is -0.494 e. The van der Waals surface area contributed by atoms with Gasteiger partial charge in [0.1, 0.15) is 23.6 Å². The highest BCUT2D eigenvalue weighted by molar-refractivity contribution is 7.16. The highest BCUT2D eigenvalue weighted by Crippen LogP contribution is 2.52. The molecule has 2 aliphatic rings. The molecular weight excluding hydrogens is 638 g/mol. The smallest absolute Gasteiger partial charge is 0.335 e. The lowest BCUT2D eigenvalue weighted by Gasteiger charge is -2.45. The first-order valence-electron chi connectivity index (χ1n) is 13.9. The van der Waals surface area contributed by atoms with Crippen LogP contribution in [0.2, 0.25) is 4.34 Å². The van der Waals surface area contributed by atoms with Gasteiger partial charge in [0.05, 0.1) is 17.1 Å². The van der Waals surface area contributed by atoms with Gasteiger partial charge in [-0.2, -0.15) is 13.9 Å². The second-order valence-corrected chi connectivity index (χ2v) is 12.5. The number of piperidine rings is 1. The first kappa shape index (κ1) is 34.7. The van der Waals surface area contributed by atoms with Gasteiger partial charge >= 0.3 is 11.9 Å². The lowest BCUT2D eigenvalue weighted by atomic mass is 9.84. The summed E-state index contributed by atoms with van der Waals surface area (Å²) in [6.07, 6.45) is -1.17. The molecule has 2 atom stereocenters. The van der Waals surface area contributed by atoms with Crippen molar-refractivity contribution in [2.24, 2.45) is 0 Å². The van der Waals surface area contributed by atoms with Gasteiger partial charge in [-0.3, -0.25) is 4.90 Å². The predicted octanol–water partition coefficient (Wildman–Crippen LogP) is 3.11. The number of carbonyl (C=O) groups is 2. The Kier molecular flexibility index (Phi) is 10.8. The molecule has 246 valence electrons. The number of methoxy groups -OCH3 is 1. The van der Waals surface area contributed by atoms with Crippen LogP contribution in [0.4, 0.5) is 8.78 Å². The molecule has 1 fully saturated rings. The molecule has 5 N–H and O–H groups in total. The molecule has 0 unspecified atom stereocenters. The molecule has 0 saturated carbocycles. The van der Waals surface area contributed by atoms with Gasteiger partial charge in [0, 0.05) is 48.4 Å². The van der Waals surface area contributed by atoms with Crippen LogP contribution in [0.15, 0.2) is 30.5 Å². The number of nitrogens with zero attached hydrogens (tertiary/aromatic N) is 3. The Morgan fingerprint density at radius 1 is 1.18 bits per heavy atom. The topological polar surface area (TPSA) is 167 Å². The maximum absolute atomic E-state index is 14.4. The lowest BCUT2D eigenvalue weighted by molar-refractivity contribution is -0.182. The van der Waals surface area contributed by atoms with Gasteiger partial charge in [-0.1, -0.05) is 23.7 Å². The highest BCUT2D eigenvalue weighted by atomic mass is 35.5. The van der Waals surface area contributed by atoms with Crippen LogP contribution in [0.25, 0.3) is 5.69 Å². The molecule has 5 rings (SSSR count). The number of thiophene rings is 1. The molecule has 0 radical (unpaired) electrons. The fourth-order valence-corrected chi connectivity index (χ4v) is 6.87. The number of carboxylic acids is 2. The third-order valence-corrected chi connectivity index (χ3v) is 9.25. The summed E-state index contributed by atoms with van der Waals surface area (Å²) in [5.41, 5.74) is 3.46. The number of hydrogen-bond donors (Lipinski definition) is 5. The maximum Gasteiger partial charge on any atom is 0.335 e. The minimum absolute atomic E-state index is 0.0403. The van der Waals surface area contributed by atoms with E-state index in [1.54, 1.807) is 7.11 Å². The number of nitrogens with one attached hydrogen (secondary N) is 1. The number of fused-ring (bicyclic) bond motifs is 2. The Bertz CT molecular complexity index is 1510. The van der Waals surface area contributed by atoms with E-state index in [0.717, 1.165) is 47.9 Å². The van der Waals surface area contributed by atoms with E-state index >= 15 is 0 Å². The maximum atomic E-state index is 14.4. The molecule has 1 aromatic carbocycles. The quantitative estimate of drug-likeness (QED) is 0.227. The van der Waals surface area contributed by atoms with Crippen molar-refractivity contribution in [3.63, 3.8) is 0 Å². The van der Waals surface area contributed by atoms with Gasteiger partial charge in [0.25, 0.3) is 5.92 Å². The van der Waals surface area contributed by atoms with E-state index in [2.05, 4.69) is 22.5 Å². The molecule has 1 spiro atoms. The van der Waals surface area contributed by atoms with Crippen LogP contribution in [0.5, 0.6) is 5.75 Å². The van der Waals surface area contributed by atoms with E-state index in [4.69, 9.17) is 46.6 Å². The number of alkyl halides is 2. The van der Waals surface area contributed by atoms with Crippen LogP contribution in [-0.2, 0) is 38.9 Å². The summed E-state index contributed by atoms with van der Waals surface area (Å²) in [6.45, 7) is 4.33. The molecule has 3 aromatic rings. The van der Waals surface area contributed by atoms with Crippen molar-refractivity contribution in [1.29, 1.82) is 0 Å². The van der Waals surface area contributed by atoms with Crippen molar-refractivity contribution in [2.45, 2.75) is 56.6 Å². The Morgan fingerprint density at radius 3 is 2.40 bits per heavy atom. The highest BCUT2D eigenvalue weighted by Gasteiger charge is 2.51. The first-order chi connectivity index (χ1) is 21.2. The number of aliphatic carboxylic acids is 2. The summed E-state index contributed by atoms with van der Waals surface area (Å²) in [4.78, 5) is 22.5. The van der Waals surface area contributed by atoms with Crippen LogP contribution < -0.4 is 10.1 Å². The molecule has 0 aliphatic carbocycles. The molecule has 12 nitrogen and oxygen atoms in total. The Hall–Kier alpha value is -3.18. The summed E-state index contributed by atoms with van der Waals surface area (Å²) in [7, 11) is 3.58. The average molecular weight is 673 g/mol. The fraction of sp³-hybridized carbons (Fsp3) is 0.483. The summed E-state index contributed by atoms with van der Waals surface area (Å²) in [5.74, 6) is -5.76. The lowest BCUT2D eigenvalue weighted by Crippen LogP contribution is -2.48. The van der Waals surface area contributed by atoms with Crippen LogP contribution in [-0.4, -0.2) is 93.1 Å². The van der Waals surface area contributed by atoms with Crippen molar-refractivity contribution >= 4 is 34.9 Å². The number of halogens is 3. The number of aryl methyl sites for hydroxylation is 1. The summed E-state index contributed by atoms with van der Waals surface area (Å²) < 4.78 is 42.6. The number of hydrogen-bond acceptors (Lipinski definition) is 10. The SMILES string of the molecule is CNCc1cccc(OC)c1-n1cc(CN2CCC3(CC2)OCC(F)(F)c2cc(Cl)sc23)c(C)n1.O=C(O)[C@H](O)[C@@H](O)C(=O)O. The van der Waals surface area contributed by atoms with Gasteiger partial charge in [0.15, 0.2) is 12.2 Å². The molecular formula is C29H35ClF2N4O8S. The zero-order valence-corrected chi connectivity index (χ0v) is 26.4.